The molecule has 1 fully saturated rings. The molecular formula is C13H18N2O2. The fourth-order valence-electron chi connectivity index (χ4n) is 2.14. The maximum absolute atomic E-state index is 11.9. The van der Waals surface area contributed by atoms with Crippen molar-refractivity contribution >= 4 is 11.6 Å². The molecule has 1 amide bonds. The molecular weight excluding hydrogens is 216 g/mol. The Morgan fingerprint density at radius 2 is 2.41 bits per heavy atom. The van der Waals surface area contributed by atoms with Gasteiger partial charge >= 0.3 is 0 Å². The zero-order valence-electron chi connectivity index (χ0n) is 10.1. The minimum Gasteiger partial charge on any atom is -0.484 e. The zero-order valence-corrected chi connectivity index (χ0v) is 10.1. The highest BCUT2D eigenvalue weighted by Crippen LogP contribution is 2.18. The van der Waals surface area contributed by atoms with Gasteiger partial charge in [-0.25, -0.2) is 0 Å². The summed E-state index contributed by atoms with van der Waals surface area (Å²) in [6.07, 6.45) is 2.18. The molecule has 0 aliphatic carbocycles. The van der Waals surface area contributed by atoms with Gasteiger partial charge in [0.25, 0.3) is 5.91 Å². The van der Waals surface area contributed by atoms with Crippen molar-refractivity contribution in [2.75, 3.05) is 18.9 Å². The maximum atomic E-state index is 11.9. The third-order valence-electron chi connectivity index (χ3n) is 3.09. The number of ether oxygens (including phenoxy) is 1. The van der Waals surface area contributed by atoms with E-state index < -0.39 is 0 Å². The van der Waals surface area contributed by atoms with Crippen LogP contribution < -0.4 is 10.5 Å². The second-order valence-corrected chi connectivity index (χ2v) is 4.44. The van der Waals surface area contributed by atoms with E-state index in [4.69, 9.17) is 10.5 Å². The molecule has 0 bridgehead atoms. The number of anilines is 1. The molecule has 1 aliphatic heterocycles. The molecule has 1 aliphatic rings. The van der Waals surface area contributed by atoms with E-state index in [0.29, 0.717) is 17.5 Å². The molecule has 2 N–H and O–H groups in total. The van der Waals surface area contributed by atoms with Crippen LogP contribution in [0.15, 0.2) is 24.3 Å². The average Bonchev–Trinajstić information content (AvgIpc) is 2.72. The summed E-state index contributed by atoms with van der Waals surface area (Å²) in [6.45, 7) is 3.01. The van der Waals surface area contributed by atoms with Crippen molar-refractivity contribution in [2.45, 2.75) is 25.8 Å². The van der Waals surface area contributed by atoms with E-state index in [-0.39, 0.29) is 12.5 Å². The van der Waals surface area contributed by atoms with Crippen molar-refractivity contribution in [2.24, 2.45) is 0 Å². The number of hydrogen-bond donors (Lipinski definition) is 1. The first-order valence-electron chi connectivity index (χ1n) is 5.94. The van der Waals surface area contributed by atoms with Crippen LogP contribution in [-0.4, -0.2) is 30.0 Å². The highest BCUT2D eigenvalue weighted by atomic mass is 16.5. The third-order valence-corrected chi connectivity index (χ3v) is 3.09. The first-order valence-corrected chi connectivity index (χ1v) is 5.94. The van der Waals surface area contributed by atoms with Crippen molar-refractivity contribution < 1.29 is 9.53 Å². The number of likely N-dealkylation sites (tertiary alicyclic amines) is 1. The average molecular weight is 234 g/mol. The maximum Gasteiger partial charge on any atom is 0.260 e. The minimum absolute atomic E-state index is 0.0532. The van der Waals surface area contributed by atoms with Crippen LogP contribution in [0.1, 0.15) is 19.8 Å². The summed E-state index contributed by atoms with van der Waals surface area (Å²) >= 11 is 0. The predicted molar refractivity (Wildman–Crippen MR) is 66.8 cm³/mol. The van der Waals surface area contributed by atoms with Gasteiger partial charge in [0.1, 0.15) is 5.75 Å². The van der Waals surface area contributed by atoms with Crippen molar-refractivity contribution in [3.8, 4) is 5.75 Å². The fourth-order valence-corrected chi connectivity index (χ4v) is 2.14. The molecule has 1 atom stereocenters. The number of benzene rings is 1. The molecule has 0 aromatic heterocycles. The lowest BCUT2D eigenvalue weighted by atomic mass is 10.2. The van der Waals surface area contributed by atoms with Gasteiger partial charge in [-0.3, -0.25) is 4.79 Å². The number of rotatable bonds is 3. The van der Waals surface area contributed by atoms with Crippen LogP contribution in [0.4, 0.5) is 5.69 Å². The molecule has 0 spiro atoms. The van der Waals surface area contributed by atoms with Crippen molar-refractivity contribution in [3.05, 3.63) is 24.3 Å². The van der Waals surface area contributed by atoms with Crippen molar-refractivity contribution in [1.29, 1.82) is 0 Å². The lowest BCUT2D eigenvalue weighted by Gasteiger charge is -2.21. The van der Waals surface area contributed by atoms with Crippen molar-refractivity contribution in [1.82, 2.24) is 4.90 Å². The number of nitrogen functional groups attached to an aromatic ring is 1. The van der Waals surface area contributed by atoms with Gasteiger partial charge in [0.05, 0.1) is 0 Å². The fraction of sp³-hybridized carbons (Fsp3) is 0.462. The van der Waals surface area contributed by atoms with E-state index >= 15 is 0 Å². The summed E-state index contributed by atoms with van der Waals surface area (Å²) in [7, 11) is 0. The Morgan fingerprint density at radius 3 is 3.06 bits per heavy atom. The Balaban J connectivity index is 1.88. The smallest absolute Gasteiger partial charge is 0.260 e. The molecule has 0 saturated carbocycles. The topological polar surface area (TPSA) is 55.6 Å². The molecule has 1 aromatic carbocycles. The molecule has 1 heterocycles. The van der Waals surface area contributed by atoms with E-state index in [1.807, 2.05) is 11.0 Å². The summed E-state index contributed by atoms with van der Waals surface area (Å²) in [6, 6.07) is 7.47. The van der Waals surface area contributed by atoms with Gasteiger partial charge < -0.3 is 15.4 Å². The van der Waals surface area contributed by atoms with E-state index in [2.05, 4.69) is 6.92 Å². The largest absolute Gasteiger partial charge is 0.484 e. The summed E-state index contributed by atoms with van der Waals surface area (Å²) < 4.78 is 5.44. The molecule has 0 radical (unpaired) electrons. The van der Waals surface area contributed by atoms with Crippen LogP contribution in [0.5, 0.6) is 5.75 Å². The number of hydrogen-bond acceptors (Lipinski definition) is 3. The van der Waals surface area contributed by atoms with Crippen LogP contribution in [0.3, 0.4) is 0 Å². The number of nitrogens with two attached hydrogens (primary N) is 1. The lowest BCUT2D eigenvalue weighted by Crippen LogP contribution is -2.37. The van der Waals surface area contributed by atoms with Gasteiger partial charge in [0, 0.05) is 24.3 Å². The monoisotopic (exact) mass is 234 g/mol. The SMILES string of the molecule is CC1CCCN1C(=O)COc1cccc(N)c1. The molecule has 2 rings (SSSR count). The molecule has 1 aromatic rings. The van der Waals surface area contributed by atoms with Crippen LogP contribution in [0, 0.1) is 0 Å². The van der Waals surface area contributed by atoms with Crippen LogP contribution in [0.25, 0.3) is 0 Å². The second-order valence-electron chi connectivity index (χ2n) is 4.44. The van der Waals surface area contributed by atoms with Gasteiger partial charge in [-0.05, 0) is 31.9 Å². The van der Waals surface area contributed by atoms with Crippen LogP contribution in [0.2, 0.25) is 0 Å². The standard InChI is InChI=1S/C13H18N2O2/c1-10-4-3-7-15(10)13(16)9-17-12-6-2-5-11(14)8-12/h2,5-6,8,10H,3-4,7,9,14H2,1H3. The molecule has 17 heavy (non-hydrogen) atoms. The molecule has 4 heteroatoms. The van der Waals surface area contributed by atoms with Crippen LogP contribution in [-0.2, 0) is 4.79 Å². The van der Waals surface area contributed by atoms with E-state index in [9.17, 15) is 4.79 Å². The molecule has 92 valence electrons. The normalized spacial score (nSPS) is 19.4. The Hall–Kier alpha value is -1.71. The Labute approximate surface area is 101 Å². The predicted octanol–water partition coefficient (Wildman–Crippen LogP) is 1.66. The highest BCUT2D eigenvalue weighted by molar-refractivity contribution is 5.78. The number of carbonyl (C=O) groups excluding carboxylic acids is 1. The first kappa shape index (κ1) is 11.8. The third kappa shape index (κ3) is 2.90. The number of carbonyl (C=O) groups is 1. The van der Waals surface area contributed by atoms with Gasteiger partial charge in [-0.1, -0.05) is 6.07 Å². The second kappa shape index (κ2) is 5.08. The van der Waals surface area contributed by atoms with Gasteiger partial charge in [0.15, 0.2) is 6.61 Å². The number of amides is 1. The minimum atomic E-state index is 0.0532. The highest BCUT2D eigenvalue weighted by Gasteiger charge is 2.24. The van der Waals surface area contributed by atoms with Gasteiger partial charge in [-0.2, -0.15) is 0 Å². The molecule has 1 unspecified atom stereocenters. The summed E-state index contributed by atoms with van der Waals surface area (Å²) in [5.41, 5.74) is 6.28. The summed E-state index contributed by atoms with van der Waals surface area (Å²) in [5, 5.41) is 0. The number of nitrogens with zero attached hydrogens (tertiary/aromatic N) is 1. The quantitative estimate of drug-likeness (QED) is 0.809. The zero-order chi connectivity index (χ0) is 12.3. The Kier molecular flexibility index (Phi) is 3.52. The van der Waals surface area contributed by atoms with Gasteiger partial charge in [-0.15, -0.1) is 0 Å². The summed E-state index contributed by atoms with van der Waals surface area (Å²) in [4.78, 5) is 13.8. The molecule has 4 nitrogen and oxygen atoms in total. The van der Waals surface area contributed by atoms with E-state index in [0.717, 1.165) is 19.4 Å². The lowest BCUT2D eigenvalue weighted by molar-refractivity contribution is -0.133. The van der Waals surface area contributed by atoms with Crippen molar-refractivity contribution in [3.63, 3.8) is 0 Å². The summed E-state index contributed by atoms with van der Waals surface area (Å²) in [5.74, 6) is 0.697. The van der Waals surface area contributed by atoms with Gasteiger partial charge in [0.2, 0.25) is 0 Å². The van der Waals surface area contributed by atoms with E-state index in [1.54, 1.807) is 18.2 Å². The first-order chi connectivity index (χ1) is 8.16. The Bertz CT molecular complexity index is 406. The van der Waals surface area contributed by atoms with E-state index in [1.165, 1.54) is 0 Å². The Morgan fingerprint density at radius 1 is 1.59 bits per heavy atom. The molecule has 1 saturated heterocycles. The van der Waals surface area contributed by atoms with Crippen LogP contribution >= 0.6 is 0 Å².